The topological polar surface area (TPSA) is 31.6 Å². The van der Waals surface area contributed by atoms with Crippen LogP contribution in [0.15, 0.2) is 60.8 Å². The van der Waals surface area contributed by atoms with Crippen LogP contribution in [0.3, 0.4) is 0 Å². The molecule has 0 spiro atoms. The first-order valence-electron chi connectivity index (χ1n) is 9.52. The van der Waals surface area contributed by atoms with Crippen molar-refractivity contribution in [2.75, 3.05) is 39.8 Å². The number of hydrogen-bond acceptors (Lipinski definition) is 3. The van der Waals surface area contributed by atoms with E-state index in [-0.39, 0.29) is 11.9 Å². The minimum absolute atomic E-state index is 0.277. The summed E-state index contributed by atoms with van der Waals surface area (Å²) in [7, 11) is 2.12. The number of benzene rings is 2. The highest BCUT2D eigenvalue weighted by atomic mass is 19.1. The van der Waals surface area contributed by atoms with Gasteiger partial charge in [-0.25, -0.2) is 4.39 Å². The van der Waals surface area contributed by atoms with Crippen LogP contribution in [0, 0.1) is 5.82 Å². The molecule has 142 valence electrons. The van der Waals surface area contributed by atoms with Gasteiger partial charge in [0.2, 0.25) is 0 Å². The first-order valence-corrected chi connectivity index (χ1v) is 9.52. The molecule has 5 heteroatoms. The standard InChI is InChI=1S/C22H26FN3O/c1-24-11-13-25(14-12-24)16-21(27)22(18-6-4-7-19(23)15-18)26-10-9-17-5-2-3-8-20(17)26/h2-10,15,21-22,27H,11-14,16H2,1H3/t21-,22+/m1/s1. The average Bonchev–Trinajstić information content (AvgIpc) is 3.08. The lowest BCUT2D eigenvalue weighted by Crippen LogP contribution is -2.48. The molecular weight excluding hydrogens is 341 g/mol. The zero-order chi connectivity index (χ0) is 18.8. The predicted molar refractivity (Wildman–Crippen MR) is 106 cm³/mol. The van der Waals surface area contributed by atoms with Crippen molar-refractivity contribution in [2.45, 2.75) is 12.1 Å². The fourth-order valence-corrected chi connectivity index (χ4v) is 4.00. The molecule has 4 nitrogen and oxygen atoms in total. The van der Waals surface area contributed by atoms with Gasteiger partial charge >= 0.3 is 0 Å². The molecule has 1 fully saturated rings. The van der Waals surface area contributed by atoms with Gasteiger partial charge in [0.05, 0.1) is 12.1 Å². The molecule has 1 aromatic heterocycles. The van der Waals surface area contributed by atoms with Crippen LogP contribution < -0.4 is 0 Å². The molecule has 0 amide bonds. The van der Waals surface area contributed by atoms with Gasteiger partial charge < -0.3 is 14.6 Å². The molecule has 1 N–H and O–H groups in total. The van der Waals surface area contributed by atoms with Gasteiger partial charge in [0.15, 0.2) is 0 Å². The van der Waals surface area contributed by atoms with E-state index in [0.717, 1.165) is 42.6 Å². The van der Waals surface area contributed by atoms with E-state index in [9.17, 15) is 9.50 Å². The lowest BCUT2D eigenvalue weighted by atomic mass is 9.99. The number of β-amino-alcohol motifs (C(OH)–C–C–N with tert-alkyl or cyclic N) is 1. The smallest absolute Gasteiger partial charge is 0.123 e. The van der Waals surface area contributed by atoms with Crippen LogP contribution in [0.4, 0.5) is 4.39 Å². The maximum Gasteiger partial charge on any atom is 0.123 e. The van der Waals surface area contributed by atoms with E-state index in [0.29, 0.717) is 6.54 Å². The van der Waals surface area contributed by atoms with Crippen molar-refractivity contribution in [1.82, 2.24) is 14.4 Å². The van der Waals surface area contributed by atoms with Crippen LogP contribution >= 0.6 is 0 Å². The van der Waals surface area contributed by atoms with E-state index in [2.05, 4.69) is 27.5 Å². The Bertz CT molecular complexity index is 901. The van der Waals surface area contributed by atoms with Crippen LogP contribution in [-0.4, -0.2) is 65.3 Å². The molecule has 1 saturated heterocycles. The largest absolute Gasteiger partial charge is 0.389 e. The lowest BCUT2D eigenvalue weighted by molar-refractivity contribution is 0.0593. The van der Waals surface area contributed by atoms with Crippen molar-refractivity contribution < 1.29 is 9.50 Å². The van der Waals surface area contributed by atoms with E-state index in [1.54, 1.807) is 6.07 Å². The highest BCUT2D eigenvalue weighted by molar-refractivity contribution is 5.80. The third kappa shape index (κ3) is 3.90. The molecule has 2 heterocycles. The van der Waals surface area contributed by atoms with Gasteiger partial charge in [0.1, 0.15) is 5.82 Å². The maximum absolute atomic E-state index is 13.9. The van der Waals surface area contributed by atoms with Gasteiger partial charge in [0.25, 0.3) is 0 Å². The summed E-state index contributed by atoms with van der Waals surface area (Å²) in [6.45, 7) is 4.46. The molecule has 0 saturated carbocycles. The van der Waals surface area contributed by atoms with Crippen molar-refractivity contribution in [3.63, 3.8) is 0 Å². The summed E-state index contributed by atoms with van der Waals surface area (Å²) in [5, 5.41) is 12.3. The zero-order valence-electron chi connectivity index (χ0n) is 15.6. The van der Waals surface area contributed by atoms with E-state index in [1.807, 2.05) is 36.5 Å². The van der Waals surface area contributed by atoms with Crippen LogP contribution in [0.2, 0.25) is 0 Å². The number of hydrogen-bond donors (Lipinski definition) is 1. The number of aliphatic hydroxyl groups is 1. The lowest BCUT2D eigenvalue weighted by Gasteiger charge is -2.36. The highest BCUT2D eigenvalue weighted by Crippen LogP contribution is 2.29. The van der Waals surface area contributed by atoms with Crippen molar-refractivity contribution >= 4 is 10.9 Å². The van der Waals surface area contributed by atoms with Crippen molar-refractivity contribution in [1.29, 1.82) is 0 Å². The first kappa shape index (κ1) is 18.2. The van der Waals surface area contributed by atoms with E-state index in [4.69, 9.17) is 0 Å². The summed E-state index contributed by atoms with van der Waals surface area (Å²) in [6.07, 6.45) is 1.36. The van der Waals surface area contributed by atoms with Crippen LogP contribution in [0.5, 0.6) is 0 Å². The quantitative estimate of drug-likeness (QED) is 0.752. The Morgan fingerprint density at radius 3 is 2.56 bits per heavy atom. The van der Waals surface area contributed by atoms with Crippen LogP contribution in [-0.2, 0) is 0 Å². The molecule has 0 aliphatic carbocycles. The molecule has 27 heavy (non-hydrogen) atoms. The summed E-state index contributed by atoms with van der Waals surface area (Å²) in [6, 6.07) is 16.4. The summed E-state index contributed by atoms with van der Waals surface area (Å²) < 4.78 is 16.0. The summed E-state index contributed by atoms with van der Waals surface area (Å²) >= 11 is 0. The maximum atomic E-state index is 13.9. The van der Waals surface area contributed by atoms with E-state index < -0.39 is 6.10 Å². The molecule has 0 bridgehead atoms. The van der Waals surface area contributed by atoms with E-state index >= 15 is 0 Å². The molecule has 0 unspecified atom stereocenters. The van der Waals surface area contributed by atoms with Crippen molar-refractivity contribution in [2.24, 2.45) is 0 Å². The Balaban J connectivity index is 1.68. The van der Waals surface area contributed by atoms with Crippen LogP contribution in [0.1, 0.15) is 11.6 Å². The number of likely N-dealkylation sites (N-methyl/N-ethyl adjacent to an activating group) is 1. The van der Waals surface area contributed by atoms with Crippen LogP contribution in [0.25, 0.3) is 10.9 Å². The average molecular weight is 367 g/mol. The van der Waals surface area contributed by atoms with Crippen molar-refractivity contribution in [3.05, 3.63) is 72.2 Å². The van der Waals surface area contributed by atoms with E-state index in [1.165, 1.54) is 12.1 Å². The minimum atomic E-state index is -0.633. The normalized spacial score (nSPS) is 18.6. The first-order chi connectivity index (χ1) is 13.1. The summed E-state index contributed by atoms with van der Waals surface area (Å²) in [4.78, 5) is 4.59. The summed E-state index contributed by atoms with van der Waals surface area (Å²) in [5.74, 6) is -0.277. The molecule has 4 rings (SSSR count). The monoisotopic (exact) mass is 367 g/mol. The number of para-hydroxylation sites is 1. The fraction of sp³-hybridized carbons (Fsp3) is 0.364. The minimum Gasteiger partial charge on any atom is -0.389 e. The number of rotatable bonds is 5. The molecule has 1 aliphatic rings. The second kappa shape index (κ2) is 7.80. The molecule has 2 aromatic carbocycles. The van der Waals surface area contributed by atoms with Gasteiger partial charge in [-0.3, -0.25) is 4.90 Å². The molecule has 0 radical (unpaired) electrons. The number of aromatic nitrogens is 1. The van der Waals surface area contributed by atoms with Gasteiger partial charge in [-0.2, -0.15) is 0 Å². The Morgan fingerprint density at radius 2 is 1.78 bits per heavy atom. The Labute approximate surface area is 159 Å². The molecule has 1 aliphatic heterocycles. The Kier molecular flexibility index (Phi) is 5.25. The number of fused-ring (bicyclic) bond motifs is 1. The third-order valence-corrected chi connectivity index (χ3v) is 5.53. The van der Waals surface area contributed by atoms with Gasteiger partial charge in [-0.15, -0.1) is 0 Å². The summed E-state index contributed by atoms with van der Waals surface area (Å²) in [5.41, 5.74) is 1.84. The SMILES string of the molecule is CN1CCN(C[C@@H](O)[C@H](c2cccc(F)c2)n2ccc3ccccc32)CC1. The fourth-order valence-electron chi connectivity index (χ4n) is 4.00. The number of nitrogens with zero attached hydrogens (tertiary/aromatic N) is 3. The number of halogens is 1. The highest BCUT2D eigenvalue weighted by Gasteiger charge is 2.27. The molecule has 2 atom stereocenters. The predicted octanol–water partition coefficient (Wildman–Crippen LogP) is 2.98. The van der Waals surface area contributed by atoms with Crippen molar-refractivity contribution in [3.8, 4) is 0 Å². The molecular formula is C22H26FN3O. The Morgan fingerprint density at radius 1 is 1.00 bits per heavy atom. The van der Waals surface area contributed by atoms with Gasteiger partial charge in [-0.1, -0.05) is 30.3 Å². The number of piperazine rings is 1. The molecule has 3 aromatic rings. The Hall–Kier alpha value is -2.21. The second-order valence-electron chi connectivity index (χ2n) is 7.45. The second-order valence-corrected chi connectivity index (χ2v) is 7.45. The van der Waals surface area contributed by atoms with Gasteiger partial charge in [0, 0.05) is 44.4 Å². The van der Waals surface area contributed by atoms with Gasteiger partial charge in [-0.05, 0) is 42.3 Å². The third-order valence-electron chi connectivity index (χ3n) is 5.53. The number of aliphatic hydroxyl groups excluding tert-OH is 1. The zero-order valence-corrected chi connectivity index (χ0v) is 15.6.